The third-order valence-electron chi connectivity index (χ3n) is 3.22. The van der Waals surface area contributed by atoms with Crippen LogP contribution in [-0.2, 0) is 4.79 Å². The number of nitrogens with one attached hydrogen (secondary N) is 1. The van der Waals surface area contributed by atoms with Gasteiger partial charge in [-0.25, -0.2) is 8.78 Å². The third-order valence-corrected chi connectivity index (χ3v) is 4.49. The molecule has 1 heterocycles. The van der Waals surface area contributed by atoms with Crippen molar-refractivity contribution < 1.29 is 13.6 Å². The van der Waals surface area contributed by atoms with Crippen LogP contribution in [0.15, 0.2) is 0 Å². The van der Waals surface area contributed by atoms with Crippen LogP contribution in [0.5, 0.6) is 0 Å². The summed E-state index contributed by atoms with van der Waals surface area (Å²) in [5.74, 6) is -1.74. The summed E-state index contributed by atoms with van der Waals surface area (Å²) in [4.78, 5) is 11.7. The molecule has 15 heavy (non-hydrogen) atoms. The third kappa shape index (κ3) is 2.18. The summed E-state index contributed by atoms with van der Waals surface area (Å²) in [7, 11) is 0. The van der Waals surface area contributed by atoms with Gasteiger partial charge in [-0.15, -0.1) is 11.8 Å². The molecule has 2 unspecified atom stereocenters. The predicted molar refractivity (Wildman–Crippen MR) is 56.4 cm³/mol. The maximum absolute atomic E-state index is 12.9. The van der Waals surface area contributed by atoms with Gasteiger partial charge in [-0.05, 0) is 0 Å². The number of rotatable bonds is 3. The summed E-state index contributed by atoms with van der Waals surface area (Å²) in [6.45, 7) is 3.04. The number of hydrogen-bond acceptors (Lipinski definition) is 3. The molecule has 0 aromatic carbocycles. The number of Topliss-reactive ketones (excluding diaryl/α,β-unsaturated/α-hetero) is 1. The lowest BCUT2D eigenvalue weighted by Gasteiger charge is -2.22. The highest BCUT2D eigenvalue weighted by molar-refractivity contribution is 8.00. The minimum absolute atomic E-state index is 0.0214. The molecule has 1 saturated heterocycles. The zero-order chi connectivity index (χ0) is 11.1. The number of hydrogen-bond donors (Lipinski definition) is 1. The highest BCUT2D eigenvalue weighted by Crippen LogP contribution is 2.62. The van der Waals surface area contributed by atoms with Gasteiger partial charge in [-0.1, -0.05) is 6.92 Å². The van der Waals surface area contributed by atoms with Crippen LogP contribution < -0.4 is 5.32 Å². The van der Waals surface area contributed by atoms with Crippen molar-refractivity contribution in [3.05, 3.63) is 0 Å². The molecule has 1 saturated carbocycles. The van der Waals surface area contributed by atoms with Gasteiger partial charge in [0.2, 0.25) is 0 Å². The summed E-state index contributed by atoms with van der Waals surface area (Å²) in [6.07, 6.45) is -0.101. The Balaban J connectivity index is 1.87. The summed E-state index contributed by atoms with van der Waals surface area (Å²) in [5, 5.41) is 2.99. The maximum atomic E-state index is 12.9. The Labute approximate surface area is 92.2 Å². The summed E-state index contributed by atoms with van der Waals surface area (Å²) < 4.78 is 25.9. The van der Waals surface area contributed by atoms with E-state index < -0.39 is 11.3 Å². The van der Waals surface area contributed by atoms with Crippen LogP contribution >= 0.6 is 11.8 Å². The van der Waals surface area contributed by atoms with E-state index in [4.69, 9.17) is 0 Å². The zero-order valence-electron chi connectivity index (χ0n) is 8.69. The fourth-order valence-corrected chi connectivity index (χ4v) is 2.96. The van der Waals surface area contributed by atoms with Gasteiger partial charge in [-0.3, -0.25) is 4.79 Å². The topological polar surface area (TPSA) is 29.1 Å². The monoisotopic (exact) mass is 235 g/mol. The Kier molecular flexibility index (Phi) is 2.79. The second-order valence-corrected chi connectivity index (χ2v) is 5.96. The highest BCUT2D eigenvalue weighted by Gasteiger charge is 2.68. The van der Waals surface area contributed by atoms with Crippen LogP contribution in [0.4, 0.5) is 8.78 Å². The van der Waals surface area contributed by atoms with Gasteiger partial charge in [0.05, 0.1) is 5.25 Å². The number of ketones is 1. The number of carbonyl (C=O) groups is 1. The molecule has 0 bridgehead atoms. The van der Waals surface area contributed by atoms with Gasteiger partial charge in [0, 0.05) is 37.1 Å². The van der Waals surface area contributed by atoms with Gasteiger partial charge in [-0.2, -0.15) is 0 Å². The average Bonchev–Trinajstić information content (AvgIpc) is 2.66. The van der Waals surface area contributed by atoms with Crippen LogP contribution in [0.3, 0.4) is 0 Å². The SMILES string of the molecule is CC1(CC(=O)C2CNCCS2)CC1(F)F. The van der Waals surface area contributed by atoms with E-state index in [0.717, 1.165) is 12.3 Å². The minimum Gasteiger partial charge on any atom is -0.314 e. The largest absolute Gasteiger partial charge is 0.314 e. The molecule has 1 aliphatic heterocycles. The van der Waals surface area contributed by atoms with Gasteiger partial charge < -0.3 is 5.32 Å². The predicted octanol–water partition coefficient (Wildman–Crippen LogP) is 1.70. The molecule has 0 aromatic rings. The lowest BCUT2D eigenvalue weighted by molar-refractivity contribution is -0.120. The fraction of sp³-hybridized carbons (Fsp3) is 0.900. The van der Waals surface area contributed by atoms with Crippen molar-refractivity contribution in [2.45, 2.75) is 30.9 Å². The molecule has 0 amide bonds. The van der Waals surface area contributed by atoms with Crippen molar-refractivity contribution in [1.29, 1.82) is 0 Å². The number of halogens is 2. The van der Waals surface area contributed by atoms with Crippen molar-refractivity contribution >= 4 is 17.5 Å². The summed E-state index contributed by atoms with van der Waals surface area (Å²) >= 11 is 1.58. The molecule has 1 N–H and O–H groups in total. The van der Waals surface area contributed by atoms with E-state index in [1.807, 2.05) is 0 Å². The highest BCUT2D eigenvalue weighted by atomic mass is 32.2. The second kappa shape index (κ2) is 3.70. The van der Waals surface area contributed by atoms with Crippen molar-refractivity contribution in [2.75, 3.05) is 18.8 Å². The molecule has 2 nitrogen and oxygen atoms in total. The Morgan fingerprint density at radius 3 is 2.73 bits per heavy atom. The van der Waals surface area contributed by atoms with E-state index >= 15 is 0 Å². The van der Waals surface area contributed by atoms with Gasteiger partial charge >= 0.3 is 0 Å². The van der Waals surface area contributed by atoms with E-state index in [2.05, 4.69) is 5.32 Å². The molecule has 2 aliphatic rings. The van der Waals surface area contributed by atoms with Crippen LogP contribution in [0.25, 0.3) is 0 Å². The normalized spacial score (nSPS) is 38.7. The van der Waals surface area contributed by atoms with Gasteiger partial charge in [0.25, 0.3) is 5.92 Å². The van der Waals surface area contributed by atoms with Gasteiger partial charge in [0.15, 0.2) is 0 Å². The fourth-order valence-electron chi connectivity index (χ4n) is 1.91. The molecule has 1 aliphatic carbocycles. The van der Waals surface area contributed by atoms with E-state index in [0.29, 0.717) is 6.54 Å². The van der Waals surface area contributed by atoms with Crippen LogP contribution in [0.1, 0.15) is 19.8 Å². The molecular weight excluding hydrogens is 220 g/mol. The molecule has 2 rings (SSSR count). The standard InChI is InChI=1S/C10H15F2NOS/c1-9(6-10(9,11)12)4-7(14)8-5-13-2-3-15-8/h8,13H,2-6H2,1H3. The second-order valence-electron chi connectivity index (χ2n) is 4.65. The quantitative estimate of drug-likeness (QED) is 0.807. The van der Waals surface area contributed by atoms with Crippen LogP contribution in [0, 0.1) is 5.41 Å². The average molecular weight is 235 g/mol. The molecule has 5 heteroatoms. The molecule has 2 fully saturated rings. The minimum atomic E-state index is -2.62. The van der Waals surface area contributed by atoms with Crippen molar-refractivity contribution in [3.63, 3.8) is 0 Å². The number of alkyl halides is 2. The lowest BCUT2D eigenvalue weighted by atomic mass is 9.99. The first-order valence-electron chi connectivity index (χ1n) is 5.17. The molecule has 86 valence electrons. The summed E-state index contributed by atoms with van der Waals surface area (Å²) in [5.41, 5.74) is -1.05. The molecular formula is C10H15F2NOS. The van der Waals surface area contributed by atoms with E-state index in [1.165, 1.54) is 6.92 Å². The van der Waals surface area contributed by atoms with E-state index in [1.54, 1.807) is 11.8 Å². The van der Waals surface area contributed by atoms with Crippen molar-refractivity contribution in [1.82, 2.24) is 5.32 Å². The molecule has 0 aromatic heterocycles. The van der Waals surface area contributed by atoms with E-state index in [-0.39, 0.29) is 23.9 Å². The molecule has 0 spiro atoms. The van der Waals surface area contributed by atoms with Crippen molar-refractivity contribution in [2.24, 2.45) is 5.41 Å². The zero-order valence-corrected chi connectivity index (χ0v) is 9.50. The Morgan fingerprint density at radius 1 is 1.60 bits per heavy atom. The van der Waals surface area contributed by atoms with E-state index in [9.17, 15) is 13.6 Å². The Morgan fingerprint density at radius 2 is 2.27 bits per heavy atom. The first kappa shape index (κ1) is 11.3. The summed E-state index contributed by atoms with van der Waals surface area (Å²) in [6, 6.07) is 0. The maximum Gasteiger partial charge on any atom is 0.254 e. The Hall–Kier alpha value is -0.160. The van der Waals surface area contributed by atoms with Crippen LogP contribution in [0.2, 0.25) is 0 Å². The molecule has 2 atom stereocenters. The first-order valence-corrected chi connectivity index (χ1v) is 6.22. The number of thioether (sulfide) groups is 1. The number of carbonyl (C=O) groups excluding carboxylic acids is 1. The molecule has 0 radical (unpaired) electrons. The van der Waals surface area contributed by atoms with Gasteiger partial charge in [0.1, 0.15) is 5.78 Å². The first-order chi connectivity index (χ1) is 6.95. The van der Waals surface area contributed by atoms with Crippen LogP contribution in [-0.4, -0.2) is 35.8 Å². The smallest absolute Gasteiger partial charge is 0.254 e. The Bertz CT molecular complexity index is 279. The lowest BCUT2D eigenvalue weighted by Crippen LogP contribution is -2.38. The van der Waals surface area contributed by atoms with Crippen molar-refractivity contribution in [3.8, 4) is 0 Å².